The molecular weight excluding hydrogens is 376 g/mol. The third-order valence-corrected chi connectivity index (χ3v) is 5.91. The van der Waals surface area contributed by atoms with Crippen LogP contribution < -0.4 is 14.5 Å². The number of aliphatic hydroxyl groups is 1. The van der Waals surface area contributed by atoms with E-state index in [0.29, 0.717) is 13.2 Å². The molecule has 0 spiro atoms. The lowest BCUT2D eigenvalue weighted by Gasteiger charge is -2.34. The number of furan rings is 1. The van der Waals surface area contributed by atoms with E-state index in [1.54, 1.807) is 0 Å². The van der Waals surface area contributed by atoms with Crippen molar-refractivity contribution in [3.63, 3.8) is 0 Å². The molecule has 30 heavy (non-hydrogen) atoms. The minimum absolute atomic E-state index is 0.299. The van der Waals surface area contributed by atoms with E-state index in [-0.39, 0.29) is 0 Å². The Morgan fingerprint density at radius 2 is 1.63 bits per heavy atom. The number of nitrogens with zero attached hydrogens (tertiary/aromatic N) is 1. The van der Waals surface area contributed by atoms with Crippen LogP contribution in [0.3, 0.4) is 0 Å². The van der Waals surface area contributed by atoms with Gasteiger partial charge in [0.1, 0.15) is 36.2 Å². The number of nitrogens with one attached hydrogen (secondary N) is 1. The maximum absolute atomic E-state index is 10.5. The molecule has 5 nitrogen and oxygen atoms in total. The van der Waals surface area contributed by atoms with Gasteiger partial charge < -0.3 is 24.1 Å². The molecule has 0 amide bonds. The largest absolute Gasteiger partial charge is 0.491 e. The second-order valence-corrected chi connectivity index (χ2v) is 8.00. The lowest BCUT2D eigenvalue weighted by Crippen LogP contribution is -3.16. The molecule has 1 aromatic heterocycles. The zero-order valence-electron chi connectivity index (χ0n) is 17.0. The smallest absolute Gasteiger partial charge is 0.137 e. The van der Waals surface area contributed by atoms with Crippen LogP contribution in [-0.4, -0.2) is 50.5 Å². The standard InChI is InChI=1S/C25H26N2O3/c28-20(17-26-12-14-27(15-13-26)19-6-2-1-3-7-19)18-29-21-10-11-25-23(16-21)22-8-4-5-9-24(22)30-25/h1-11,16,20,28H,12-15,17-18H2/p+1/t20-/m0/s1. The Balaban J connectivity index is 1.15. The van der Waals surface area contributed by atoms with Gasteiger partial charge in [-0.25, -0.2) is 0 Å². The average molecular weight is 404 g/mol. The highest BCUT2D eigenvalue weighted by molar-refractivity contribution is 6.05. The Bertz CT molecular complexity index is 1120. The van der Waals surface area contributed by atoms with E-state index in [9.17, 15) is 5.11 Å². The van der Waals surface area contributed by atoms with E-state index in [2.05, 4.69) is 35.2 Å². The number of fused-ring (bicyclic) bond motifs is 3. The van der Waals surface area contributed by atoms with E-state index in [0.717, 1.165) is 53.9 Å². The SMILES string of the molecule is O[C@H](COc1ccc2oc3ccccc3c2c1)C[NH+]1CCN(c2ccccc2)CC1. The van der Waals surface area contributed by atoms with Crippen molar-refractivity contribution in [1.82, 2.24) is 0 Å². The van der Waals surface area contributed by atoms with Crippen LogP contribution >= 0.6 is 0 Å². The highest BCUT2D eigenvalue weighted by Crippen LogP contribution is 2.31. The normalized spacial score (nSPS) is 16.2. The molecule has 0 aliphatic carbocycles. The number of hydrogen-bond donors (Lipinski definition) is 2. The summed E-state index contributed by atoms with van der Waals surface area (Å²) in [6.45, 7) is 5.08. The molecule has 154 valence electrons. The predicted molar refractivity (Wildman–Crippen MR) is 119 cm³/mol. The summed E-state index contributed by atoms with van der Waals surface area (Å²) in [7, 11) is 0. The first kappa shape index (κ1) is 19.0. The highest BCUT2D eigenvalue weighted by atomic mass is 16.5. The molecule has 5 rings (SSSR count). The zero-order chi connectivity index (χ0) is 20.3. The van der Waals surface area contributed by atoms with Crippen LogP contribution in [0.1, 0.15) is 0 Å². The molecule has 1 aliphatic rings. The first-order valence-electron chi connectivity index (χ1n) is 10.6. The number of quaternary nitrogens is 1. The van der Waals surface area contributed by atoms with E-state index in [4.69, 9.17) is 9.15 Å². The minimum atomic E-state index is -0.486. The molecule has 1 aliphatic heterocycles. The van der Waals surface area contributed by atoms with Gasteiger partial charge in [0.05, 0.1) is 26.2 Å². The number of rotatable bonds is 6. The summed E-state index contributed by atoms with van der Waals surface area (Å²) in [6.07, 6.45) is -0.486. The Morgan fingerprint density at radius 1 is 0.900 bits per heavy atom. The van der Waals surface area contributed by atoms with Gasteiger partial charge in [-0.15, -0.1) is 0 Å². The molecule has 5 heteroatoms. The molecule has 4 aromatic rings. The number of benzene rings is 3. The number of para-hydroxylation sites is 2. The summed E-state index contributed by atoms with van der Waals surface area (Å²) in [5.41, 5.74) is 3.01. The van der Waals surface area contributed by atoms with E-state index < -0.39 is 6.10 Å². The Morgan fingerprint density at radius 3 is 2.47 bits per heavy atom. The fourth-order valence-electron chi connectivity index (χ4n) is 4.30. The van der Waals surface area contributed by atoms with E-state index in [1.807, 2.05) is 42.5 Å². The van der Waals surface area contributed by atoms with Crippen molar-refractivity contribution in [3.8, 4) is 5.75 Å². The number of piperazine rings is 1. The Hall–Kier alpha value is -3.02. The number of ether oxygens (including phenoxy) is 1. The highest BCUT2D eigenvalue weighted by Gasteiger charge is 2.22. The summed E-state index contributed by atoms with van der Waals surface area (Å²) in [5, 5.41) is 12.6. The quantitative estimate of drug-likeness (QED) is 0.520. The van der Waals surface area contributed by atoms with Crippen molar-refractivity contribution in [2.75, 3.05) is 44.2 Å². The predicted octanol–water partition coefficient (Wildman–Crippen LogP) is 2.73. The van der Waals surface area contributed by atoms with Gasteiger partial charge in [0.15, 0.2) is 0 Å². The second-order valence-electron chi connectivity index (χ2n) is 8.00. The molecule has 1 atom stereocenters. The molecule has 0 saturated carbocycles. The van der Waals surface area contributed by atoms with Gasteiger partial charge >= 0.3 is 0 Å². The molecule has 2 heterocycles. The van der Waals surface area contributed by atoms with Gasteiger partial charge in [-0.2, -0.15) is 0 Å². The Labute approximate surface area is 176 Å². The topological polar surface area (TPSA) is 50.3 Å². The molecule has 0 bridgehead atoms. The minimum Gasteiger partial charge on any atom is -0.491 e. The zero-order valence-corrected chi connectivity index (χ0v) is 17.0. The van der Waals surface area contributed by atoms with Crippen LogP contribution in [0.15, 0.2) is 77.2 Å². The van der Waals surface area contributed by atoms with Crippen molar-refractivity contribution >= 4 is 27.6 Å². The lowest BCUT2D eigenvalue weighted by atomic mass is 10.1. The van der Waals surface area contributed by atoms with Crippen molar-refractivity contribution in [2.24, 2.45) is 0 Å². The maximum atomic E-state index is 10.5. The summed E-state index contributed by atoms with van der Waals surface area (Å²) in [4.78, 5) is 3.84. The summed E-state index contributed by atoms with van der Waals surface area (Å²) >= 11 is 0. The van der Waals surface area contributed by atoms with Gasteiger partial charge in [-0.3, -0.25) is 0 Å². The van der Waals surface area contributed by atoms with Gasteiger partial charge in [0.25, 0.3) is 0 Å². The van der Waals surface area contributed by atoms with Crippen LogP contribution in [0.2, 0.25) is 0 Å². The van der Waals surface area contributed by atoms with E-state index >= 15 is 0 Å². The molecule has 3 aromatic carbocycles. The monoisotopic (exact) mass is 403 g/mol. The van der Waals surface area contributed by atoms with Gasteiger partial charge in [-0.1, -0.05) is 36.4 Å². The van der Waals surface area contributed by atoms with Gasteiger partial charge in [-0.05, 0) is 36.4 Å². The first-order valence-corrected chi connectivity index (χ1v) is 10.6. The van der Waals surface area contributed by atoms with Gasteiger partial charge in [0, 0.05) is 16.5 Å². The van der Waals surface area contributed by atoms with Crippen molar-refractivity contribution < 1.29 is 19.2 Å². The molecule has 1 fully saturated rings. The summed E-state index contributed by atoms with van der Waals surface area (Å²) < 4.78 is 11.8. The van der Waals surface area contributed by atoms with Crippen LogP contribution in [0.4, 0.5) is 5.69 Å². The summed E-state index contributed by atoms with van der Waals surface area (Å²) in [6, 6.07) is 24.4. The molecule has 2 N–H and O–H groups in total. The van der Waals surface area contributed by atoms with Gasteiger partial charge in [0.2, 0.25) is 0 Å². The van der Waals surface area contributed by atoms with Crippen LogP contribution in [0.25, 0.3) is 21.9 Å². The van der Waals surface area contributed by atoms with E-state index in [1.165, 1.54) is 10.6 Å². The van der Waals surface area contributed by atoms with Crippen molar-refractivity contribution in [1.29, 1.82) is 0 Å². The third kappa shape index (κ3) is 3.99. The first-order chi connectivity index (χ1) is 14.8. The summed E-state index contributed by atoms with van der Waals surface area (Å²) in [5.74, 6) is 0.761. The maximum Gasteiger partial charge on any atom is 0.137 e. The molecule has 1 saturated heterocycles. The molecular formula is C25H27N2O3+. The van der Waals surface area contributed by atoms with Crippen LogP contribution in [0.5, 0.6) is 5.75 Å². The second kappa shape index (κ2) is 8.38. The van der Waals surface area contributed by atoms with Crippen molar-refractivity contribution in [2.45, 2.75) is 6.10 Å². The van der Waals surface area contributed by atoms with Crippen LogP contribution in [-0.2, 0) is 0 Å². The molecule has 0 radical (unpaired) electrons. The average Bonchev–Trinajstić information content (AvgIpc) is 3.17. The number of aliphatic hydroxyl groups excluding tert-OH is 1. The fraction of sp³-hybridized carbons (Fsp3) is 0.280. The molecule has 0 unspecified atom stereocenters. The number of hydrogen-bond acceptors (Lipinski definition) is 4. The number of anilines is 1. The Kier molecular flexibility index (Phi) is 5.30. The lowest BCUT2D eigenvalue weighted by molar-refractivity contribution is -0.903. The third-order valence-electron chi connectivity index (χ3n) is 5.91. The van der Waals surface area contributed by atoms with Crippen LogP contribution in [0, 0.1) is 0 Å². The van der Waals surface area contributed by atoms with Crippen molar-refractivity contribution in [3.05, 3.63) is 72.8 Å². The fourth-order valence-corrected chi connectivity index (χ4v) is 4.30.